The maximum atomic E-state index is 11.8. The van der Waals surface area contributed by atoms with Gasteiger partial charge in [0.05, 0.1) is 6.42 Å². The van der Waals surface area contributed by atoms with Crippen LogP contribution < -0.4 is 5.32 Å². The molecule has 22 heavy (non-hydrogen) atoms. The Kier molecular flexibility index (Phi) is 6.12. The Morgan fingerprint density at radius 1 is 1.23 bits per heavy atom. The van der Waals surface area contributed by atoms with Gasteiger partial charge in [0.25, 0.3) is 5.91 Å². The number of nitrogens with one attached hydrogen (secondary N) is 1. The number of ketones is 1. The summed E-state index contributed by atoms with van der Waals surface area (Å²) in [5.74, 6) is -0.691. The van der Waals surface area contributed by atoms with Crippen molar-refractivity contribution in [3.8, 4) is 0 Å². The van der Waals surface area contributed by atoms with Gasteiger partial charge in [0.2, 0.25) is 0 Å². The van der Waals surface area contributed by atoms with Crippen LogP contribution >= 0.6 is 15.9 Å². The molecule has 1 saturated carbocycles. The number of rotatable bonds is 5. The molecule has 0 aromatic heterocycles. The summed E-state index contributed by atoms with van der Waals surface area (Å²) < 4.78 is 6.05. The third kappa shape index (κ3) is 4.94. The molecule has 0 saturated heterocycles. The Labute approximate surface area is 137 Å². The quantitative estimate of drug-likeness (QED) is 0.811. The lowest BCUT2D eigenvalue weighted by molar-refractivity contribution is -0.156. The largest absolute Gasteiger partial charge is 0.454 e. The Morgan fingerprint density at radius 3 is 2.64 bits per heavy atom. The molecule has 1 aromatic rings. The number of hydrogen-bond donors (Lipinski definition) is 1. The maximum absolute atomic E-state index is 11.8. The number of benzene rings is 1. The van der Waals surface area contributed by atoms with E-state index in [1.54, 1.807) is 24.3 Å². The van der Waals surface area contributed by atoms with E-state index in [1.807, 2.05) is 0 Å². The van der Waals surface area contributed by atoms with E-state index in [0.717, 1.165) is 17.3 Å². The molecule has 6 heteroatoms. The zero-order chi connectivity index (χ0) is 15.9. The highest BCUT2D eigenvalue weighted by atomic mass is 79.9. The van der Waals surface area contributed by atoms with Gasteiger partial charge in [0, 0.05) is 23.0 Å². The Morgan fingerprint density at radius 2 is 1.95 bits per heavy atom. The number of amides is 1. The molecule has 1 amide bonds. The van der Waals surface area contributed by atoms with Crippen LogP contribution in [-0.4, -0.2) is 30.3 Å². The second kappa shape index (κ2) is 8.08. The lowest BCUT2D eigenvalue weighted by Crippen LogP contribution is -2.32. The van der Waals surface area contributed by atoms with Crippen LogP contribution in [0.1, 0.15) is 42.5 Å². The van der Waals surface area contributed by atoms with Gasteiger partial charge >= 0.3 is 5.97 Å². The molecular formula is C16H18BrNO4. The first-order chi connectivity index (χ1) is 10.6. The normalized spacial score (nSPS) is 17.9. The standard InChI is InChI=1S/C16H18BrNO4/c17-12-7-5-11(6-8-12)16(21)18-10-9-15(20)22-14-4-2-1-3-13(14)19/h5-8,14H,1-4,9-10H2,(H,18,21)/t14-/m1/s1. The van der Waals surface area contributed by atoms with E-state index in [0.29, 0.717) is 18.4 Å². The van der Waals surface area contributed by atoms with Gasteiger partial charge in [0.15, 0.2) is 11.9 Å². The van der Waals surface area contributed by atoms with Crippen molar-refractivity contribution in [2.75, 3.05) is 6.54 Å². The van der Waals surface area contributed by atoms with E-state index in [2.05, 4.69) is 21.2 Å². The SMILES string of the molecule is O=C(CCNC(=O)c1ccc(Br)cc1)O[C@@H]1CCCCC1=O. The minimum absolute atomic E-state index is 0.00139. The lowest BCUT2D eigenvalue weighted by atomic mass is 9.96. The van der Waals surface area contributed by atoms with Crippen molar-refractivity contribution in [2.24, 2.45) is 0 Å². The molecule has 2 rings (SSSR count). The van der Waals surface area contributed by atoms with Crippen LogP contribution in [0.3, 0.4) is 0 Å². The van der Waals surface area contributed by atoms with Crippen molar-refractivity contribution in [1.29, 1.82) is 0 Å². The molecule has 1 aliphatic carbocycles. The van der Waals surface area contributed by atoms with Crippen molar-refractivity contribution in [3.05, 3.63) is 34.3 Å². The summed E-state index contributed by atoms with van der Waals surface area (Å²) in [6.07, 6.45) is 2.34. The topological polar surface area (TPSA) is 72.5 Å². The highest BCUT2D eigenvalue weighted by Gasteiger charge is 2.25. The summed E-state index contributed by atoms with van der Waals surface area (Å²) in [5, 5.41) is 2.66. The van der Waals surface area contributed by atoms with Crippen LogP contribution in [0, 0.1) is 0 Å². The van der Waals surface area contributed by atoms with Crippen LogP contribution in [-0.2, 0) is 14.3 Å². The van der Waals surface area contributed by atoms with Crippen LogP contribution in [0.5, 0.6) is 0 Å². The van der Waals surface area contributed by atoms with E-state index in [-0.39, 0.29) is 24.7 Å². The first kappa shape index (κ1) is 16.7. The predicted octanol–water partition coefficient (Wildman–Crippen LogP) is 2.62. The number of carbonyl (C=O) groups excluding carboxylic acids is 3. The van der Waals surface area contributed by atoms with Crippen LogP contribution in [0.4, 0.5) is 0 Å². The number of esters is 1. The highest BCUT2D eigenvalue weighted by molar-refractivity contribution is 9.10. The van der Waals surface area contributed by atoms with E-state index in [4.69, 9.17) is 4.74 Å². The smallest absolute Gasteiger partial charge is 0.308 e. The predicted molar refractivity (Wildman–Crippen MR) is 84.4 cm³/mol. The van der Waals surface area contributed by atoms with Crippen molar-refractivity contribution in [1.82, 2.24) is 5.32 Å². The van der Waals surface area contributed by atoms with Gasteiger partial charge < -0.3 is 10.1 Å². The van der Waals surface area contributed by atoms with Crippen LogP contribution in [0.2, 0.25) is 0 Å². The molecule has 0 radical (unpaired) electrons. The molecule has 118 valence electrons. The third-order valence-electron chi connectivity index (χ3n) is 3.49. The first-order valence-electron chi connectivity index (χ1n) is 7.32. The fraction of sp³-hybridized carbons (Fsp3) is 0.438. The fourth-order valence-electron chi connectivity index (χ4n) is 2.27. The average molecular weight is 368 g/mol. The molecule has 0 unspecified atom stereocenters. The molecule has 5 nitrogen and oxygen atoms in total. The summed E-state index contributed by atoms with van der Waals surface area (Å²) >= 11 is 3.30. The van der Waals surface area contributed by atoms with E-state index >= 15 is 0 Å². The molecule has 1 atom stereocenters. The molecule has 0 spiro atoms. The molecule has 1 N–H and O–H groups in total. The van der Waals surface area contributed by atoms with E-state index in [9.17, 15) is 14.4 Å². The van der Waals surface area contributed by atoms with Crippen LogP contribution in [0.15, 0.2) is 28.7 Å². The second-order valence-corrected chi connectivity index (χ2v) is 6.12. The highest BCUT2D eigenvalue weighted by Crippen LogP contribution is 2.17. The summed E-state index contributed by atoms with van der Waals surface area (Å²) in [4.78, 5) is 35.1. The zero-order valence-corrected chi connectivity index (χ0v) is 13.7. The lowest BCUT2D eigenvalue weighted by Gasteiger charge is -2.20. The van der Waals surface area contributed by atoms with Gasteiger partial charge in [-0.3, -0.25) is 14.4 Å². The van der Waals surface area contributed by atoms with Crippen LogP contribution in [0.25, 0.3) is 0 Å². The van der Waals surface area contributed by atoms with Gasteiger partial charge in [-0.25, -0.2) is 0 Å². The molecule has 0 aliphatic heterocycles. The number of Topliss-reactive ketones (excluding diaryl/α,β-unsaturated/α-hetero) is 1. The number of carbonyl (C=O) groups is 3. The Bertz CT molecular complexity index is 556. The first-order valence-corrected chi connectivity index (χ1v) is 8.11. The molecule has 1 aromatic carbocycles. The van der Waals surface area contributed by atoms with Gasteiger partial charge in [-0.15, -0.1) is 0 Å². The van der Waals surface area contributed by atoms with Crippen molar-refractivity contribution < 1.29 is 19.1 Å². The number of halogens is 1. The van der Waals surface area contributed by atoms with Crippen molar-refractivity contribution in [3.63, 3.8) is 0 Å². The van der Waals surface area contributed by atoms with Gasteiger partial charge in [-0.2, -0.15) is 0 Å². The fourth-order valence-corrected chi connectivity index (χ4v) is 2.54. The molecular weight excluding hydrogens is 350 g/mol. The minimum atomic E-state index is -0.594. The third-order valence-corrected chi connectivity index (χ3v) is 4.02. The van der Waals surface area contributed by atoms with Gasteiger partial charge in [0.1, 0.15) is 0 Å². The Hall–Kier alpha value is -1.69. The van der Waals surface area contributed by atoms with Crippen molar-refractivity contribution in [2.45, 2.75) is 38.2 Å². The summed E-state index contributed by atoms with van der Waals surface area (Å²) in [6.45, 7) is 0.189. The summed E-state index contributed by atoms with van der Waals surface area (Å²) in [7, 11) is 0. The molecule has 1 fully saturated rings. The van der Waals surface area contributed by atoms with Gasteiger partial charge in [-0.1, -0.05) is 15.9 Å². The number of hydrogen-bond acceptors (Lipinski definition) is 4. The summed E-state index contributed by atoms with van der Waals surface area (Å²) in [6, 6.07) is 6.94. The second-order valence-electron chi connectivity index (χ2n) is 5.20. The molecule has 1 aliphatic rings. The van der Waals surface area contributed by atoms with E-state index < -0.39 is 12.1 Å². The van der Waals surface area contributed by atoms with Gasteiger partial charge in [-0.05, 0) is 43.5 Å². The summed E-state index contributed by atoms with van der Waals surface area (Å²) in [5.41, 5.74) is 0.527. The zero-order valence-electron chi connectivity index (χ0n) is 12.1. The molecule has 0 bridgehead atoms. The monoisotopic (exact) mass is 367 g/mol. The van der Waals surface area contributed by atoms with Crippen molar-refractivity contribution >= 4 is 33.6 Å². The average Bonchev–Trinajstić information content (AvgIpc) is 2.50. The Balaban J connectivity index is 1.71. The van der Waals surface area contributed by atoms with E-state index in [1.165, 1.54) is 0 Å². The minimum Gasteiger partial charge on any atom is -0.454 e. The maximum Gasteiger partial charge on any atom is 0.308 e. The number of ether oxygens (including phenoxy) is 1. The molecule has 0 heterocycles.